The van der Waals surface area contributed by atoms with Crippen molar-refractivity contribution < 1.29 is 4.74 Å². The topological polar surface area (TPSA) is 37.4 Å². The zero-order valence-corrected chi connectivity index (χ0v) is 10.6. The SMILES string of the molecule is COc1ccc(CC(C)N2CCNCC2)cn1. The van der Waals surface area contributed by atoms with Gasteiger partial charge in [0.05, 0.1) is 7.11 Å². The van der Waals surface area contributed by atoms with Gasteiger partial charge in [-0.3, -0.25) is 4.90 Å². The summed E-state index contributed by atoms with van der Waals surface area (Å²) in [5.41, 5.74) is 1.27. The van der Waals surface area contributed by atoms with E-state index >= 15 is 0 Å². The maximum atomic E-state index is 5.06. The van der Waals surface area contributed by atoms with E-state index in [0.717, 1.165) is 32.6 Å². The minimum Gasteiger partial charge on any atom is -0.481 e. The Labute approximate surface area is 103 Å². The van der Waals surface area contributed by atoms with Gasteiger partial charge in [0.15, 0.2) is 0 Å². The number of nitrogens with zero attached hydrogens (tertiary/aromatic N) is 2. The molecule has 0 amide bonds. The molecule has 1 saturated heterocycles. The predicted molar refractivity (Wildman–Crippen MR) is 68.4 cm³/mol. The van der Waals surface area contributed by atoms with Crippen LogP contribution in [0, 0.1) is 0 Å². The fourth-order valence-electron chi connectivity index (χ4n) is 2.25. The highest BCUT2D eigenvalue weighted by Gasteiger charge is 2.16. The van der Waals surface area contributed by atoms with Gasteiger partial charge in [-0.2, -0.15) is 0 Å². The van der Waals surface area contributed by atoms with E-state index < -0.39 is 0 Å². The first-order valence-corrected chi connectivity index (χ1v) is 6.23. The lowest BCUT2D eigenvalue weighted by atomic mass is 10.1. The molecular formula is C13H21N3O. The van der Waals surface area contributed by atoms with Crippen molar-refractivity contribution in [1.29, 1.82) is 0 Å². The van der Waals surface area contributed by atoms with Gasteiger partial charge in [0, 0.05) is 44.5 Å². The van der Waals surface area contributed by atoms with Crippen LogP contribution in [0.15, 0.2) is 18.3 Å². The van der Waals surface area contributed by atoms with E-state index in [-0.39, 0.29) is 0 Å². The lowest BCUT2D eigenvalue weighted by Gasteiger charge is -2.32. The molecule has 0 saturated carbocycles. The second-order valence-electron chi connectivity index (χ2n) is 4.55. The molecule has 1 atom stereocenters. The van der Waals surface area contributed by atoms with Gasteiger partial charge < -0.3 is 10.1 Å². The van der Waals surface area contributed by atoms with Crippen molar-refractivity contribution in [3.05, 3.63) is 23.9 Å². The molecule has 4 heteroatoms. The quantitative estimate of drug-likeness (QED) is 0.842. The number of hydrogen-bond donors (Lipinski definition) is 1. The van der Waals surface area contributed by atoms with Crippen LogP contribution in [0.5, 0.6) is 5.88 Å². The molecule has 17 heavy (non-hydrogen) atoms. The van der Waals surface area contributed by atoms with Crippen molar-refractivity contribution in [2.45, 2.75) is 19.4 Å². The summed E-state index contributed by atoms with van der Waals surface area (Å²) in [6.07, 6.45) is 2.97. The van der Waals surface area contributed by atoms with Crippen molar-refractivity contribution in [3.63, 3.8) is 0 Å². The lowest BCUT2D eigenvalue weighted by molar-refractivity contribution is 0.183. The van der Waals surface area contributed by atoms with Crippen LogP contribution in [0.2, 0.25) is 0 Å². The minimum absolute atomic E-state index is 0.576. The summed E-state index contributed by atoms with van der Waals surface area (Å²) < 4.78 is 5.06. The van der Waals surface area contributed by atoms with E-state index in [4.69, 9.17) is 4.74 Å². The number of nitrogens with one attached hydrogen (secondary N) is 1. The van der Waals surface area contributed by atoms with Gasteiger partial charge in [0.1, 0.15) is 0 Å². The molecule has 0 spiro atoms. The molecule has 1 fully saturated rings. The summed E-state index contributed by atoms with van der Waals surface area (Å²) in [4.78, 5) is 6.77. The smallest absolute Gasteiger partial charge is 0.212 e. The van der Waals surface area contributed by atoms with Crippen LogP contribution in [0.4, 0.5) is 0 Å². The first kappa shape index (κ1) is 12.3. The van der Waals surface area contributed by atoms with Crippen molar-refractivity contribution in [2.24, 2.45) is 0 Å². The molecule has 4 nitrogen and oxygen atoms in total. The van der Waals surface area contributed by atoms with Crippen LogP contribution in [-0.2, 0) is 6.42 Å². The number of piperazine rings is 1. The molecule has 94 valence electrons. The fourth-order valence-corrected chi connectivity index (χ4v) is 2.25. The van der Waals surface area contributed by atoms with Crippen LogP contribution in [0.25, 0.3) is 0 Å². The largest absolute Gasteiger partial charge is 0.481 e. The third-order valence-electron chi connectivity index (χ3n) is 3.31. The van der Waals surface area contributed by atoms with Gasteiger partial charge in [-0.05, 0) is 18.9 Å². The average molecular weight is 235 g/mol. The van der Waals surface area contributed by atoms with Gasteiger partial charge in [-0.25, -0.2) is 4.98 Å². The molecule has 2 heterocycles. The van der Waals surface area contributed by atoms with E-state index in [1.807, 2.05) is 12.3 Å². The lowest BCUT2D eigenvalue weighted by Crippen LogP contribution is -2.48. The molecule has 1 aromatic rings. The highest BCUT2D eigenvalue weighted by Crippen LogP contribution is 2.11. The van der Waals surface area contributed by atoms with Gasteiger partial charge >= 0.3 is 0 Å². The fraction of sp³-hybridized carbons (Fsp3) is 0.615. The van der Waals surface area contributed by atoms with E-state index in [1.165, 1.54) is 5.56 Å². The molecule has 0 aliphatic carbocycles. The van der Waals surface area contributed by atoms with E-state index in [2.05, 4.69) is 28.2 Å². The molecule has 1 aromatic heterocycles. The molecule has 2 rings (SSSR count). The summed E-state index contributed by atoms with van der Waals surface area (Å²) in [5, 5.41) is 3.38. The Morgan fingerprint density at radius 3 is 2.76 bits per heavy atom. The molecule has 1 unspecified atom stereocenters. The van der Waals surface area contributed by atoms with E-state index in [1.54, 1.807) is 7.11 Å². The third-order valence-corrected chi connectivity index (χ3v) is 3.31. The zero-order valence-electron chi connectivity index (χ0n) is 10.6. The first-order valence-electron chi connectivity index (χ1n) is 6.23. The number of pyridine rings is 1. The maximum Gasteiger partial charge on any atom is 0.212 e. The molecular weight excluding hydrogens is 214 g/mol. The van der Waals surface area contributed by atoms with Crippen LogP contribution < -0.4 is 10.1 Å². The van der Waals surface area contributed by atoms with Gasteiger partial charge in [-0.15, -0.1) is 0 Å². The van der Waals surface area contributed by atoms with Gasteiger partial charge in [-0.1, -0.05) is 6.07 Å². The summed E-state index contributed by atoms with van der Waals surface area (Å²) in [7, 11) is 1.64. The molecule has 1 N–H and O–H groups in total. The highest BCUT2D eigenvalue weighted by atomic mass is 16.5. The van der Waals surface area contributed by atoms with Crippen LogP contribution >= 0.6 is 0 Å². The van der Waals surface area contributed by atoms with Crippen LogP contribution in [-0.4, -0.2) is 49.2 Å². The van der Waals surface area contributed by atoms with E-state index in [0.29, 0.717) is 11.9 Å². The number of aromatic nitrogens is 1. The second kappa shape index (κ2) is 5.98. The Kier molecular flexibility index (Phi) is 4.34. The summed E-state index contributed by atoms with van der Waals surface area (Å²) in [6.45, 7) is 6.78. The summed E-state index contributed by atoms with van der Waals surface area (Å²) in [5.74, 6) is 0.684. The molecule has 0 radical (unpaired) electrons. The van der Waals surface area contributed by atoms with E-state index in [9.17, 15) is 0 Å². The average Bonchev–Trinajstić information content (AvgIpc) is 2.40. The normalized spacial score (nSPS) is 18.9. The monoisotopic (exact) mass is 235 g/mol. The van der Waals surface area contributed by atoms with Crippen molar-refractivity contribution in [3.8, 4) is 5.88 Å². The van der Waals surface area contributed by atoms with Crippen molar-refractivity contribution >= 4 is 0 Å². The summed E-state index contributed by atoms with van der Waals surface area (Å²) >= 11 is 0. The highest BCUT2D eigenvalue weighted by molar-refractivity contribution is 5.18. The molecule has 1 aliphatic rings. The van der Waals surface area contributed by atoms with Crippen molar-refractivity contribution in [2.75, 3.05) is 33.3 Å². The zero-order chi connectivity index (χ0) is 12.1. The predicted octanol–water partition coefficient (Wildman–Crippen LogP) is 0.926. The Balaban J connectivity index is 1.89. The van der Waals surface area contributed by atoms with Crippen molar-refractivity contribution in [1.82, 2.24) is 15.2 Å². The minimum atomic E-state index is 0.576. The molecule has 0 aromatic carbocycles. The Morgan fingerprint density at radius 2 is 2.18 bits per heavy atom. The Bertz CT molecular complexity index is 333. The standard InChI is InChI=1S/C13H21N3O/c1-11(16-7-5-14-6-8-16)9-12-3-4-13(17-2)15-10-12/h3-4,10-11,14H,5-9H2,1-2H3. The summed E-state index contributed by atoms with van der Waals surface area (Å²) in [6, 6.07) is 4.61. The number of ether oxygens (including phenoxy) is 1. The Morgan fingerprint density at radius 1 is 1.41 bits per heavy atom. The van der Waals surface area contributed by atoms with Gasteiger partial charge in [0.2, 0.25) is 5.88 Å². The van der Waals surface area contributed by atoms with Crippen LogP contribution in [0.1, 0.15) is 12.5 Å². The third kappa shape index (κ3) is 3.41. The first-order chi connectivity index (χ1) is 8.29. The maximum absolute atomic E-state index is 5.06. The number of rotatable bonds is 4. The van der Waals surface area contributed by atoms with Crippen LogP contribution in [0.3, 0.4) is 0 Å². The molecule has 0 bridgehead atoms. The Hall–Kier alpha value is -1.13. The number of hydrogen-bond acceptors (Lipinski definition) is 4. The number of methoxy groups -OCH3 is 1. The second-order valence-corrected chi connectivity index (χ2v) is 4.55. The molecule has 1 aliphatic heterocycles. The van der Waals surface area contributed by atoms with Gasteiger partial charge in [0.25, 0.3) is 0 Å².